The van der Waals surface area contributed by atoms with Crippen LogP contribution in [0.2, 0.25) is 0 Å². The number of aryl methyl sites for hydroxylation is 1. The van der Waals surface area contributed by atoms with Gasteiger partial charge in [-0.1, -0.05) is 81.2 Å². The SMILES string of the molecule is CCCC1CCC(C2C=CC(c3ccc(-c4ccc(C)c(F)c4F)cc3)CC2)CC1. The highest BCUT2D eigenvalue weighted by atomic mass is 19.2. The van der Waals surface area contributed by atoms with Gasteiger partial charge >= 0.3 is 0 Å². The maximum atomic E-state index is 14.3. The Labute approximate surface area is 180 Å². The van der Waals surface area contributed by atoms with Gasteiger partial charge in [0.25, 0.3) is 0 Å². The van der Waals surface area contributed by atoms with Gasteiger partial charge in [-0.25, -0.2) is 8.78 Å². The van der Waals surface area contributed by atoms with E-state index in [-0.39, 0.29) is 0 Å². The molecular formula is C28H34F2. The zero-order chi connectivity index (χ0) is 21.1. The first-order valence-electron chi connectivity index (χ1n) is 11.8. The van der Waals surface area contributed by atoms with Crippen LogP contribution in [0.1, 0.15) is 75.3 Å². The molecule has 2 unspecified atom stereocenters. The number of hydrogen-bond acceptors (Lipinski definition) is 0. The zero-order valence-corrected chi connectivity index (χ0v) is 18.3. The van der Waals surface area contributed by atoms with Crippen LogP contribution in [0, 0.1) is 36.3 Å². The Morgan fingerprint density at radius 1 is 0.800 bits per heavy atom. The Morgan fingerprint density at radius 3 is 2.17 bits per heavy atom. The first kappa shape index (κ1) is 21.3. The summed E-state index contributed by atoms with van der Waals surface area (Å²) in [7, 11) is 0. The molecule has 2 heteroatoms. The van der Waals surface area contributed by atoms with Crippen molar-refractivity contribution in [1.29, 1.82) is 0 Å². The van der Waals surface area contributed by atoms with Gasteiger partial charge in [-0.15, -0.1) is 0 Å². The molecular weight excluding hydrogens is 374 g/mol. The van der Waals surface area contributed by atoms with Crippen LogP contribution in [0.4, 0.5) is 8.78 Å². The molecule has 1 saturated carbocycles. The van der Waals surface area contributed by atoms with Crippen molar-refractivity contribution in [1.82, 2.24) is 0 Å². The largest absolute Gasteiger partial charge is 0.203 e. The lowest BCUT2D eigenvalue weighted by molar-refractivity contribution is 0.209. The molecule has 4 rings (SSSR count). The Balaban J connectivity index is 1.39. The van der Waals surface area contributed by atoms with E-state index in [1.165, 1.54) is 56.9 Å². The van der Waals surface area contributed by atoms with E-state index in [1.54, 1.807) is 19.1 Å². The standard InChI is InChI=1S/C28H34F2/c1-3-4-20-6-8-21(9-7-20)22-10-12-23(13-11-22)24-14-16-25(17-15-24)26-18-5-19(2)27(29)28(26)30/h5,10,12,14-18,20-23H,3-4,6-9,11,13H2,1-2H3. The number of rotatable bonds is 5. The van der Waals surface area contributed by atoms with Gasteiger partial charge in [0, 0.05) is 11.5 Å². The van der Waals surface area contributed by atoms with E-state index in [2.05, 4.69) is 31.2 Å². The monoisotopic (exact) mass is 408 g/mol. The Kier molecular flexibility index (Phi) is 6.71. The molecule has 0 amide bonds. The van der Waals surface area contributed by atoms with Crippen molar-refractivity contribution in [2.75, 3.05) is 0 Å². The van der Waals surface area contributed by atoms with Gasteiger partial charge in [-0.3, -0.25) is 0 Å². The maximum absolute atomic E-state index is 14.3. The van der Waals surface area contributed by atoms with Gasteiger partial charge in [0.1, 0.15) is 0 Å². The van der Waals surface area contributed by atoms with E-state index in [1.807, 2.05) is 12.1 Å². The quantitative estimate of drug-likeness (QED) is 0.434. The summed E-state index contributed by atoms with van der Waals surface area (Å²) in [5.41, 5.74) is 2.68. The van der Waals surface area contributed by atoms with Crippen molar-refractivity contribution in [2.45, 2.75) is 71.1 Å². The summed E-state index contributed by atoms with van der Waals surface area (Å²) in [6.45, 7) is 3.89. The molecule has 0 heterocycles. The Bertz CT molecular complexity index is 872. The molecule has 2 aromatic carbocycles. The first-order chi connectivity index (χ1) is 14.6. The zero-order valence-electron chi connectivity index (χ0n) is 18.3. The topological polar surface area (TPSA) is 0 Å². The van der Waals surface area contributed by atoms with Crippen molar-refractivity contribution in [3.63, 3.8) is 0 Å². The Hall–Kier alpha value is -1.96. The minimum Gasteiger partial charge on any atom is -0.203 e. The first-order valence-corrected chi connectivity index (χ1v) is 11.8. The van der Waals surface area contributed by atoms with Gasteiger partial charge in [-0.05, 0) is 67.1 Å². The van der Waals surface area contributed by atoms with Crippen molar-refractivity contribution in [3.05, 3.63) is 71.3 Å². The number of allylic oxidation sites excluding steroid dienone is 2. The minimum absolute atomic E-state index is 0.336. The number of halogens is 2. The molecule has 1 fully saturated rings. The highest BCUT2D eigenvalue weighted by molar-refractivity contribution is 5.65. The molecule has 2 aromatic rings. The van der Waals surface area contributed by atoms with Gasteiger partial charge in [-0.2, -0.15) is 0 Å². The second-order valence-corrected chi connectivity index (χ2v) is 9.48. The molecule has 160 valence electrons. The van der Waals surface area contributed by atoms with Crippen LogP contribution in [0.15, 0.2) is 48.6 Å². The third-order valence-corrected chi connectivity index (χ3v) is 7.52. The molecule has 30 heavy (non-hydrogen) atoms. The molecule has 0 spiro atoms. The van der Waals surface area contributed by atoms with E-state index in [0.29, 0.717) is 17.0 Å². The van der Waals surface area contributed by atoms with Crippen LogP contribution in [0.3, 0.4) is 0 Å². The normalized spacial score (nSPS) is 26.7. The summed E-state index contributed by atoms with van der Waals surface area (Å²) >= 11 is 0. The van der Waals surface area contributed by atoms with E-state index >= 15 is 0 Å². The second kappa shape index (κ2) is 9.45. The molecule has 2 aliphatic carbocycles. The molecule has 0 bridgehead atoms. The minimum atomic E-state index is -0.753. The fourth-order valence-electron chi connectivity index (χ4n) is 5.60. The van der Waals surface area contributed by atoms with E-state index in [9.17, 15) is 8.78 Å². The highest BCUT2D eigenvalue weighted by Crippen LogP contribution is 2.41. The lowest BCUT2D eigenvalue weighted by Gasteiger charge is -2.35. The van der Waals surface area contributed by atoms with Crippen LogP contribution >= 0.6 is 0 Å². The highest BCUT2D eigenvalue weighted by Gasteiger charge is 2.28. The molecule has 2 aliphatic rings. The lowest BCUT2D eigenvalue weighted by Crippen LogP contribution is -2.22. The third kappa shape index (κ3) is 4.53. The predicted molar refractivity (Wildman–Crippen MR) is 121 cm³/mol. The summed E-state index contributed by atoms with van der Waals surface area (Å²) in [5.74, 6) is 1.52. The molecule has 0 radical (unpaired) electrons. The Morgan fingerprint density at radius 2 is 1.53 bits per heavy atom. The number of benzene rings is 2. The lowest BCUT2D eigenvalue weighted by atomic mass is 9.70. The van der Waals surface area contributed by atoms with Crippen molar-refractivity contribution in [3.8, 4) is 11.1 Å². The summed E-state index contributed by atoms with van der Waals surface area (Å²) in [6, 6.07) is 11.3. The second-order valence-electron chi connectivity index (χ2n) is 9.48. The van der Waals surface area contributed by atoms with Crippen LogP contribution in [0.5, 0.6) is 0 Å². The molecule has 0 aromatic heterocycles. The molecule has 0 aliphatic heterocycles. The maximum Gasteiger partial charge on any atom is 0.166 e. The molecule has 0 N–H and O–H groups in total. The van der Waals surface area contributed by atoms with Crippen LogP contribution in [0.25, 0.3) is 11.1 Å². The molecule has 0 saturated heterocycles. The van der Waals surface area contributed by atoms with Crippen LogP contribution in [-0.4, -0.2) is 0 Å². The van der Waals surface area contributed by atoms with Gasteiger partial charge in [0.15, 0.2) is 11.6 Å². The van der Waals surface area contributed by atoms with E-state index < -0.39 is 11.6 Å². The summed E-state index contributed by atoms with van der Waals surface area (Å²) < 4.78 is 28.2. The van der Waals surface area contributed by atoms with Crippen molar-refractivity contribution in [2.24, 2.45) is 17.8 Å². The van der Waals surface area contributed by atoms with Crippen LogP contribution < -0.4 is 0 Å². The van der Waals surface area contributed by atoms with Gasteiger partial charge in [0.05, 0.1) is 0 Å². The average Bonchev–Trinajstić information content (AvgIpc) is 2.79. The number of hydrogen-bond donors (Lipinski definition) is 0. The van der Waals surface area contributed by atoms with E-state index in [4.69, 9.17) is 0 Å². The fraction of sp³-hybridized carbons (Fsp3) is 0.500. The summed E-state index contributed by atoms with van der Waals surface area (Å²) in [5, 5.41) is 0. The average molecular weight is 409 g/mol. The predicted octanol–water partition coefficient (Wildman–Crippen LogP) is 8.60. The molecule has 2 atom stereocenters. The van der Waals surface area contributed by atoms with E-state index in [0.717, 1.165) is 23.3 Å². The van der Waals surface area contributed by atoms with Crippen LogP contribution in [-0.2, 0) is 0 Å². The molecule has 0 nitrogen and oxygen atoms in total. The van der Waals surface area contributed by atoms with Gasteiger partial charge in [0.2, 0.25) is 0 Å². The smallest absolute Gasteiger partial charge is 0.166 e. The fourth-order valence-corrected chi connectivity index (χ4v) is 5.60. The third-order valence-electron chi connectivity index (χ3n) is 7.52. The van der Waals surface area contributed by atoms with Crippen molar-refractivity contribution < 1.29 is 8.78 Å². The van der Waals surface area contributed by atoms with Crippen molar-refractivity contribution >= 4 is 0 Å². The summed E-state index contributed by atoms with van der Waals surface area (Å²) in [6.07, 6.45) is 15.7. The van der Waals surface area contributed by atoms with Gasteiger partial charge < -0.3 is 0 Å². The summed E-state index contributed by atoms with van der Waals surface area (Å²) in [4.78, 5) is 0.